The van der Waals surface area contributed by atoms with E-state index in [-0.39, 0.29) is 0 Å². The molecule has 0 saturated carbocycles. The Morgan fingerprint density at radius 2 is 1.93 bits per heavy atom. The van der Waals surface area contributed by atoms with Crippen molar-refractivity contribution in [2.24, 2.45) is 13.0 Å². The van der Waals surface area contributed by atoms with Crippen molar-refractivity contribution < 1.29 is 0 Å². The van der Waals surface area contributed by atoms with Crippen LogP contribution in [-0.4, -0.2) is 21.3 Å². The molecule has 0 aliphatic heterocycles. The van der Waals surface area contributed by atoms with Gasteiger partial charge in [0.25, 0.3) is 0 Å². The zero-order valence-electron chi connectivity index (χ0n) is 10.4. The molecule has 4 nitrogen and oxygen atoms in total. The van der Waals surface area contributed by atoms with Crippen molar-refractivity contribution in [3.63, 3.8) is 0 Å². The van der Waals surface area contributed by atoms with E-state index >= 15 is 0 Å². The fraction of sp³-hybridized carbons (Fsp3) is 0.818. The molecule has 0 bridgehead atoms. The molecule has 0 spiro atoms. The van der Waals surface area contributed by atoms with Crippen LogP contribution in [0.15, 0.2) is 0 Å². The highest BCUT2D eigenvalue weighted by Gasteiger charge is 2.09. The van der Waals surface area contributed by atoms with Crippen molar-refractivity contribution in [3.05, 3.63) is 11.6 Å². The third kappa shape index (κ3) is 3.63. The van der Waals surface area contributed by atoms with Crippen LogP contribution in [0.5, 0.6) is 0 Å². The summed E-state index contributed by atoms with van der Waals surface area (Å²) < 4.78 is 1.86. The largest absolute Gasteiger partial charge is 0.310 e. The number of aromatic nitrogens is 3. The van der Waals surface area contributed by atoms with Gasteiger partial charge in [0.15, 0.2) is 5.82 Å². The molecule has 86 valence electrons. The average Bonchev–Trinajstić information content (AvgIpc) is 2.47. The molecule has 1 heterocycles. The number of hydrogen-bond donors (Lipinski definition) is 1. The van der Waals surface area contributed by atoms with E-state index in [9.17, 15) is 0 Å². The standard InChI is InChI=1S/C11H22N4/c1-8(2)6-12-7-10-13-11(9(3)4)14-15(10)5/h8-9,12H,6-7H2,1-5H3. The van der Waals surface area contributed by atoms with Gasteiger partial charge < -0.3 is 5.32 Å². The number of aryl methyl sites for hydroxylation is 1. The summed E-state index contributed by atoms with van der Waals surface area (Å²) in [6, 6.07) is 0. The van der Waals surface area contributed by atoms with E-state index < -0.39 is 0 Å². The lowest BCUT2D eigenvalue weighted by atomic mass is 10.2. The Balaban J connectivity index is 2.53. The van der Waals surface area contributed by atoms with E-state index in [1.165, 1.54) is 0 Å². The quantitative estimate of drug-likeness (QED) is 0.804. The Labute approximate surface area is 92.1 Å². The van der Waals surface area contributed by atoms with E-state index in [1.807, 2.05) is 11.7 Å². The van der Waals surface area contributed by atoms with Crippen molar-refractivity contribution in [3.8, 4) is 0 Å². The fourth-order valence-electron chi connectivity index (χ4n) is 1.31. The van der Waals surface area contributed by atoms with Gasteiger partial charge in [-0.25, -0.2) is 4.98 Å². The first-order valence-corrected chi connectivity index (χ1v) is 5.61. The summed E-state index contributed by atoms with van der Waals surface area (Å²) in [7, 11) is 1.95. The second-order valence-corrected chi connectivity index (χ2v) is 4.69. The highest BCUT2D eigenvalue weighted by atomic mass is 15.3. The predicted molar refractivity (Wildman–Crippen MR) is 61.6 cm³/mol. The Morgan fingerprint density at radius 1 is 1.27 bits per heavy atom. The molecule has 0 aliphatic rings. The van der Waals surface area contributed by atoms with Crippen molar-refractivity contribution in [2.45, 2.75) is 40.2 Å². The van der Waals surface area contributed by atoms with E-state index in [4.69, 9.17) is 0 Å². The summed E-state index contributed by atoms with van der Waals surface area (Å²) in [6.07, 6.45) is 0. The number of rotatable bonds is 5. The molecule has 0 aliphatic carbocycles. The molecule has 0 radical (unpaired) electrons. The highest BCUT2D eigenvalue weighted by molar-refractivity contribution is 4.96. The Hall–Kier alpha value is -0.900. The lowest BCUT2D eigenvalue weighted by Crippen LogP contribution is -2.21. The lowest BCUT2D eigenvalue weighted by molar-refractivity contribution is 0.531. The molecular formula is C11H22N4. The maximum absolute atomic E-state index is 4.50. The second kappa shape index (κ2) is 5.26. The van der Waals surface area contributed by atoms with E-state index in [0.29, 0.717) is 11.8 Å². The highest BCUT2D eigenvalue weighted by Crippen LogP contribution is 2.09. The van der Waals surface area contributed by atoms with Crippen molar-refractivity contribution in [2.75, 3.05) is 6.54 Å². The van der Waals surface area contributed by atoms with Gasteiger partial charge in [-0.2, -0.15) is 5.10 Å². The van der Waals surface area contributed by atoms with Gasteiger partial charge in [0.1, 0.15) is 5.82 Å². The summed E-state index contributed by atoms with van der Waals surface area (Å²) >= 11 is 0. The second-order valence-electron chi connectivity index (χ2n) is 4.69. The van der Waals surface area contributed by atoms with Crippen LogP contribution in [-0.2, 0) is 13.6 Å². The average molecular weight is 210 g/mol. The maximum atomic E-state index is 4.50. The van der Waals surface area contributed by atoms with Crippen LogP contribution in [0.2, 0.25) is 0 Å². The van der Waals surface area contributed by atoms with Crippen LogP contribution in [0.4, 0.5) is 0 Å². The molecule has 1 rings (SSSR count). The molecular weight excluding hydrogens is 188 g/mol. The minimum Gasteiger partial charge on any atom is -0.310 e. The van der Waals surface area contributed by atoms with Crippen LogP contribution in [0.1, 0.15) is 45.3 Å². The Kier molecular flexibility index (Phi) is 4.27. The van der Waals surface area contributed by atoms with Crippen molar-refractivity contribution in [1.29, 1.82) is 0 Å². The SMILES string of the molecule is CC(C)CNCc1nc(C(C)C)nn1C. The zero-order valence-corrected chi connectivity index (χ0v) is 10.4. The molecule has 0 amide bonds. The van der Waals surface area contributed by atoms with Gasteiger partial charge in [0.2, 0.25) is 0 Å². The molecule has 4 heteroatoms. The Morgan fingerprint density at radius 3 is 2.40 bits per heavy atom. The van der Waals surface area contributed by atoms with Crippen LogP contribution in [0, 0.1) is 5.92 Å². The Bertz CT molecular complexity index is 302. The number of nitrogens with zero attached hydrogens (tertiary/aromatic N) is 3. The summed E-state index contributed by atoms with van der Waals surface area (Å²) in [5, 5.41) is 7.74. The first-order chi connectivity index (χ1) is 7.00. The monoisotopic (exact) mass is 210 g/mol. The third-order valence-electron chi connectivity index (χ3n) is 2.22. The fourth-order valence-corrected chi connectivity index (χ4v) is 1.31. The lowest BCUT2D eigenvalue weighted by Gasteiger charge is -2.05. The smallest absolute Gasteiger partial charge is 0.153 e. The molecule has 0 saturated heterocycles. The van der Waals surface area contributed by atoms with Gasteiger partial charge in [-0.15, -0.1) is 0 Å². The molecule has 0 aromatic carbocycles. The van der Waals surface area contributed by atoms with Crippen molar-refractivity contribution in [1.82, 2.24) is 20.1 Å². The van der Waals surface area contributed by atoms with Gasteiger partial charge in [0.05, 0.1) is 6.54 Å². The van der Waals surface area contributed by atoms with Gasteiger partial charge in [-0.1, -0.05) is 27.7 Å². The minimum absolute atomic E-state index is 0.398. The predicted octanol–water partition coefficient (Wildman–Crippen LogP) is 1.68. The topological polar surface area (TPSA) is 42.7 Å². The molecule has 1 aromatic rings. The molecule has 1 aromatic heterocycles. The zero-order chi connectivity index (χ0) is 11.4. The van der Waals surface area contributed by atoms with E-state index in [2.05, 4.69) is 43.1 Å². The van der Waals surface area contributed by atoms with Crippen LogP contribution >= 0.6 is 0 Å². The summed E-state index contributed by atoms with van der Waals surface area (Å²) in [5.41, 5.74) is 0. The summed E-state index contributed by atoms with van der Waals surface area (Å²) in [4.78, 5) is 4.50. The van der Waals surface area contributed by atoms with Gasteiger partial charge >= 0.3 is 0 Å². The van der Waals surface area contributed by atoms with Gasteiger partial charge in [0, 0.05) is 13.0 Å². The summed E-state index contributed by atoms with van der Waals surface area (Å²) in [6.45, 7) is 10.4. The number of nitrogens with one attached hydrogen (secondary N) is 1. The van der Waals surface area contributed by atoms with Crippen LogP contribution in [0.25, 0.3) is 0 Å². The van der Waals surface area contributed by atoms with Crippen LogP contribution in [0.3, 0.4) is 0 Å². The molecule has 0 fully saturated rings. The van der Waals surface area contributed by atoms with E-state index in [1.54, 1.807) is 0 Å². The first kappa shape index (κ1) is 12.2. The van der Waals surface area contributed by atoms with Crippen LogP contribution < -0.4 is 5.32 Å². The third-order valence-corrected chi connectivity index (χ3v) is 2.22. The van der Waals surface area contributed by atoms with E-state index in [0.717, 1.165) is 24.7 Å². The first-order valence-electron chi connectivity index (χ1n) is 5.61. The van der Waals surface area contributed by atoms with Gasteiger partial charge in [-0.3, -0.25) is 4.68 Å². The summed E-state index contributed by atoms with van der Waals surface area (Å²) in [5.74, 6) is 3.01. The minimum atomic E-state index is 0.398. The molecule has 1 N–H and O–H groups in total. The van der Waals surface area contributed by atoms with Gasteiger partial charge in [-0.05, 0) is 12.5 Å². The normalized spacial score (nSPS) is 11.7. The molecule has 0 atom stereocenters. The van der Waals surface area contributed by atoms with Crippen molar-refractivity contribution >= 4 is 0 Å². The molecule has 0 unspecified atom stereocenters. The molecule has 15 heavy (non-hydrogen) atoms. The number of hydrogen-bond acceptors (Lipinski definition) is 3. The maximum Gasteiger partial charge on any atom is 0.153 e.